The van der Waals surface area contributed by atoms with E-state index in [2.05, 4.69) is 10.1 Å². The van der Waals surface area contributed by atoms with Crippen molar-refractivity contribution in [3.63, 3.8) is 0 Å². The van der Waals surface area contributed by atoms with Crippen LogP contribution in [-0.2, 0) is 6.42 Å². The third-order valence-corrected chi connectivity index (χ3v) is 5.52. The van der Waals surface area contributed by atoms with Gasteiger partial charge in [-0.15, -0.1) is 0 Å². The summed E-state index contributed by atoms with van der Waals surface area (Å²) >= 11 is 0. The highest BCUT2D eigenvalue weighted by Crippen LogP contribution is 2.33. The first-order valence-corrected chi connectivity index (χ1v) is 10.8. The number of ether oxygens (including phenoxy) is 1. The fourth-order valence-corrected chi connectivity index (χ4v) is 3.76. The number of nitrogens with one attached hydrogen (secondary N) is 1. The molecule has 0 spiro atoms. The zero-order chi connectivity index (χ0) is 24.4. The molecule has 0 aliphatic carbocycles. The Morgan fingerprint density at radius 2 is 1.68 bits per heavy atom. The van der Waals surface area contributed by atoms with Crippen LogP contribution in [0.5, 0.6) is 17.2 Å². The topological polar surface area (TPSA) is 100 Å². The first kappa shape index (κ1) is 22.8. The molecule has 4 rings (SSSR count). The van der Waals surface area contributed by atoms with E-state index in [1.54, 1.807) is 24.3 Å². The Kier molecular flexibility index (Phi) is 6.23. The van der Waals surface area contributed by atoms with Crippen LogP contribution >= 0.6 is 0 Å². The number of anilines is 1. The zero-order valence-electron chi connectivity index (χ0n) is 19.5. The largest absolute Gasteiger partial charge is 0.508 e. The second kappa shape index (κ2) is 9.27. The van der Waals surface area contributed by atoms with Crippen molar-refractivity contribution in [2.45, 2.75) is 20.3 Å². The predicted octanol–water partition coefficient (Wildman–Crippen LogP) is 3.69. The van der Waals surface area contributed by atoms with E-state index in [1.807, 2.05) is 63.2 Å². The van der Waals surface area contributed by atoms with Gasteiger partial charge in [0, 0.05) is 31.8 Å². The van der Waals surface area contributed by atoms with Crippen LogP contribution in [0.15, 0.2) is 70.4 Å². The average molecular weight is 459 g/mol. The summed E-state index contributed by atoms with van der Waals surface area (Å²) in [6, 6.07) is 16.9. The van der Waals surface area contributed by atoms with Gasteiger partial charge in [-0.05, 0) is 73.0 Å². The Morgan fingerprint density at radius 1 is 1.00 bits per heavy atom. The number of phenolic OH excluding ortho intramolecular Hbond substituents is 1. The molecule has 0 fully saturated rings. The summed E-state index contributed by atoms with van der Waals surface area (Å²) in [4.78, 5) is 27.6. The van der Waals surface area contributed by atoms with E-state index < -0.39 is 11.2 Å². The van der Waals surface area contributed by atoms with Gasteiger partial charge in [-0.25, -0.2) is 4.79 Å². The minimum absolute atomic E-state index is 0.205. The minimum Gasteiger partial charge on any atom is -0.508 e. The standard InChI is InChI=1S/C26H26N4O4/c1-16-11-21(30-26(33)28-24(32)15-27-30)12-17(2)25(16)34-22-9-10-23(31)19(14-22)13-18-5-7-20(8-6-18)29(3)4/h5-12,14-15,31H,13H2,1-4H3,(H,28,32,33). The second-order valence-corrected chi connectivity index (χ2v) is 8.39. The van der Waals surface area contributed by atoms with Crippen molar-refractivity contribution in [1.29, 1.82) is 0 Å². The average Bonchev–Trinajstić information content (AvgIpc) is 2.78. The van der Waals surface area contributed by atoms with Gasteiger partial charge in [0.15, 0.2) is 0 Å². The van der Waals surface area contributed by atoms with Gasteiger partial charge < -0.3 is 14.7 Å². The molecule has 0 unspecified atom stereocenters. The molecule has 0 saturated carbocycles. The normalized spacial score (nSPS) is 10.8. The lowest BCUT2D eigenvalue weighted by atomic mass is 10.0. The van der Waals surface area contributed by atoms with E-state index in [0.717, 1.165) is 38.8 Å². The summed E-state index contributed by atoms with van der Waals surface area (Å²) in [5.74, 6) is 1.44. The second-order valence-electron chi connectivity index (χ2n) is 8.39. The molecule has 2 N–H and O–H groups in total. The number of aromatic amines is 1. The molecule has 0 saturated heterocycles. The quantitative estimate of drug-likeness (QED) is 0.457. The third-order valence-electron chi connectivity index (χ3n) is 5.52. The lowest BCUT2D eigenvalue weighted by Crippen LogP contribution is -2.30. The first-order chi connectivity index (χ1) is 16.2. The van der Waals surface area contributed by atoms with E-state index >= 15 is 0 Å². The van der Waals surface area contributed by atoms with Crippen molar-refractivity contribution in [3.05, 3.63) is 104 Å². The van der Waals surface area contributed by atoms with E-state index in [0.29, 0.717) is 23.6 Å². The molecule has 4 aromatic rings. The lowest BCUT2D eigenvalue weighted by molar-refractivity contribution is 0.456. The van der Waals surface area contributed by atoms with Crippen molar-refractivity contribution < 1.29 is 9.84 Å². The molecule has 0 radical (unpaired) electrons. The molecule has 0 aliphatic heterocycles. The molecule has 0 aliphatic rings. The van der Waals surface area contributed by atoms with Gasteiger partial charge in [0.2, 0.25) is 0 Å². The maximum Gasteiger partial charge on any atom is 0.349 e. The van der Waals surface area contributed by atoms with Gasteiger partial charge in [-0.1, -0.05) is 12.1 Å². The van der Waals surface area contributed by atoms with Crippen LogP contribution in [0.2, 0.25) is 0 Å². The summed E-state index contributed by atoms with van der Waals surface area (Å²) in [5.41, 5.74) is 3.90. The third kappa shape index (κ3) is 4.85. The summed E-state index contributed by atoms with van der Waals surface area (Å²) in [6.45, 7) is 3.74. The predicted molar refractivity (Wildman–Crippen MR) is 132 cm³/mol. The van der Waals surface area contributed by atoms with Crippen LogP contribution in [0.3, 0.4) is 0 Å². The Bertz CT molecular complexity index is 1430. The fraction of sp³-hybridized carbons (Fsp3) is 0.192. The molecule has 34 heavy (non-hydrogen) atoms. The molecular formula is C26H26N4O4. The number of rotatable bonds is 6. The van der Waals surface area contributed by atoms with Crippen LogP contribution in [0.1, 0.15) is 22.3 Å². The van der Waals surface area contributed by atoms with Crippen LogP contribution in [-0.4, -0.2) is 34.0 Å². The maximum absolute atomic E-state index is 12.1. The smallest absolute Gasteiger partial charge is 0.349 e. The van der Waals surface area contributed by atoms with E-state index in [-0.39, 0.29) is 5.75 Å². The highest BCUT2D eigenvalue weighted by molar-refractivity contribution is 5.52. The van der Waals surface area contributed by atoms with Gasteiger partial charge in [0.05, 0.1) is 5.69 Å². The van der Waals surface area contributed by atoms with E-state index in [1.165, 1.54) is 0 Å². The molecular weight excluding hydrogens is 432 g/mol. The number of phenols is 1. The number of H-pyrrole nitrogens is 1. The SMILES string of the molecule is Cc1cc(-n2ncc(=O)[nH]c2=O)cc(C)c1Oc1ccc(O)c(Cc2ccc(N(C)C)cc2)c1. The molecule has 1 aromatic heterocycles. The number of nitrogens with zero attached hydrogens (tertiary/aromatic N) is 3. The Hall–Kier alpha value is -4.33. The Balaban J connectivity index is 1.60. The summed E-state index contributed by atoms with van der Waals surface area (Å²) in [6.07, 6.45) is 1.62. The van der Waals surface area contributed by atoms with Crippen LogP contribution in [0.4, 0.5) is 5.69 Å². The highest BCUT2D eigenvalue weighted by atomic mass is 16.5. The zero-order valence-corrected chi connectivity index (χ0v) is 19.5. The van der Waals surface area contributed by atoms with Crippen LogP contribution < -0.4 is 20.9 Å². The summed E-state index contributed by atoms with van der Waals surface area (Å²) < 4.78 is 7.31. The Labute approximate surface area is 196 Å². The molecule has 3 aromatic carbocycles. The highest BCUT2D eigenvalue weighted by Gasteiger charge is 2.12. The van der Waals surface area contributed by atoms with Crippen LogP contribution in [0.25, 0.3) is 5.69 Å². The monoisotopic (exact) mass is 458 g/mol. The minimum atomic E-state index is -0.609. The van der Waals surface area contributed by atoms with Crippen molar-refractivity contribution in [3.8, 4) is 22.9 Å². The molecule has 0 bridgehead atoms. The number of aryl methyl sites for hydroxylation is 2. The summed E-state index contributed by atoms with van der Waals surface area (Å²) in [5, 5.41) is 14.3. The van der Waals surface area contributed by atoms with E-state index in [9.17, 15) is 14.7 Å². The van der Waals surface area contributed by atoms with Gasteiger partial charge in [0.25, 0.3) is 5.56 Å². The van der Waals surface area contributed by atoms with Crippen molar-refractivity contribution >= 4 is 5.69 Å². The molecule has 0 atom stereocenters. The molecule has 8 heteroatoms. The van der Waals surface area contributed by atoms with E-state index in [4.69, 9.17) is 4.74 Å². The van der Waals surface area contributed by atoms with Crippen molar-refractivity contribution in [2.75, 3.05) is 19.0 Å². The fourth-order valence-electron chi connectivity index (χ4n) is 3.76. The Morgan fingerprint density at radius 3 is 2.29 bits per heavy atom. The molecule has 8 nitrogen and oxygen atoms in total. The molecule has 174 valence electrons. The molecule has 0 amide bonds. The van der Waals surface area contributed by atoms with Crippen molar-refractivity contribution in [2.24, 2.45) is 0 Å². The van der Waals surface area contributed by atoms with Gasteiger partial charge in [-0.3, -0.25) is 9.78 Å². The number of aromatic hydroxyl groups is 1. The molecule has 1 heterocycles. The number of hydrogen-bond donors (Lipinski definition) is 2. The lowest BCUT2D eigenvalue weighted by Gasteiger charge is -2.16. The first-order valence-electron chi connectivity index (χ1n) is 10.8. The summed E-state index contributed by atoms with van der Waals surface area (Å²) in [7, 11) is 3.99. The van der Waals surface area contributed by atoms with Gasteiger partial charge in [0.1, 0.15) is 23.4 Å². The number of aromatic nitrogens is 3. The number of benzene rings is 3. The van der Waals surface area contributed by atoms with Gasteiger partial charge >= 0.3 is 5.69 Å². The van der Waals surface area contributed by atoms with Gasteiger partial charge in [-0.2, -0.15) is 9.78 Å². The van der Waals surface area contributed by atoms with Crippen molar-refractivity contribution in [1.82, 2.24) is 14.8 Å². The number of hydrogen-bond acceptors (Lipinski definition) is 6. The van der Waals surface area contributed by atoms with Crippen LogP contribution in [0, 0.1) is 13.8 Å². The maximum atomic E-state index is 12.1.